The average molecular weight is 499 g/mol. The third-order valence-electron chi connectivity index (χ3n) is 5.91. The maximum atomic E-state index is 13.9. The molecule has 2 amide bonds. The molecule has 0 saturated carbocycles. The Hall–Kier alpha value is -3.92. The van der Waals surface area contributed by atoms with Gasteiger partial charge in [0, 0.05) is 43.3 Å². The molecule has 4 rings (SSSR count). The van der Waals surface area contributed by atoms with Crippen molar-refractivity contribution in [3.8, 4) is 0 Å². The molecule has 36 heavy (non-hydrogen) atoms. The number of carbonyl (C=O) groups excluding carboxylic acids is 2. The van der Waals surface area contributed by atoms with Crippen LogP contribution in [0.5, 0.6) is 0 Å². The van der Waals surface area contributed by atoms with Crippen LogP contribution in [0.4, 0.5) is 24.5 Å². The second-order valence-electron chi connectivity index (χ2n) is 8.31. The van der Waals surface area contributed by atoms with E-state index in [9.17, 15) is 22.8 Å². The first-order valence-corrected chi connectivity index (χ1v) is 11.4. The molecule has 188 valence electrons. The number of hydrogen-bond donors (Lipinski definition) is 2. The number of hydrogen-bond acceptors (Lipinski definition) is 5. The van der Waals surface area contributed by atoms with Gasteiger partial charge in [-0.1, -0.05) is 18.2 Å². The molecule has 1 aliphatic heterocycles. The molecule has 2 N–H and O–H groups in total. The number of nitrogens with one attached hydrogen (secondary N) is 2. The third kappa shape index (κ3) is 5.83. The molecule has 0 spiro atoms. The van der Waals surface area contributed by atoms with Gasteiger partial charge in [-0.25, -0.2) is 0 Å². The molecular formula is C26H25F3N4O3. The fraction of sp³-hybridized carbons (Fsp3) is 0.269. The first-order valence-electron chi connectivity index (χ1n) is 11.4. The summed E-state index contributed by atoms with van der Waals surface area (Å²) in [6, 6.07) is 12.1. The molecule has 2 heterocycles. The van der Waals surface area contributed by atoms with Crippen molar-refractivity contribution in [3.05, 3.63) is 88.7 Å². The molecular weight excluding hydrogens is 473 g/mol. The fourth-order valence-corrected chi connectivity index (χ4v) is 3.98. The van der Waals surface area contributed by atoms with Gasteiger partial charge in [0.25, 0.3) is 11.8 Å². The van der Waals surface area contributed by atoms with Crippen molar-refractivity contribution in [2.24, 2.45) is 0 Å². The molecule has 3 aromatic rings. The van der Waals surface area contributed by atoms with Crippen molar-refractivity contribution in [3.63, 3.8) is 0 Å². The second-order valence-corrected chi connectivity index (χ2v) is 8.31. The van der Waals surface area contributed by atoms with Crippen LogP contribution in [0.1, 0.15) is 37.4 Å². The van der Waals surface area contributed by atoms with E-state index in [4.69, 9.17) is 4.74 Å². The zero-order valence-electron chi connectivity index (χ0n) is 19.6. The van der Waals surface area contributed by atoms with E-state index in [0.717, 1.165) is 6.07 Å². The van der Waals surface area contributed by atoms with Gasteiger partial charge in [0.1, 0.15) is 0 Å². The highest BCUT2D eigenvalue weighted by atomic mass is 19.4. The number of benzene rings is 2. The van der Waals surface area contributed by atoms with Crippen LogP contribution in [0.2, 0.25) is 0 Å². The Morgan fingerprint density at radius 1 is 1.03 bits per heavy atom. The molecule has 1 aromatic heterocycles. The van der Waals surface area contributed by atoms with Crippen molar-refractivity contribution >= 4 is 23.2 Å². The maximum Gasteiger partial charge on any atom is 0.416 e. The van der Waals surface area contributed by atoms with E-state index in [1.165, 1.54) is 36.7 Å². The summed E-state index contributed by atoms with van der Waals surface area (Å²) in [5.41, 5.74) is 1.03. The van der Waals surface area contributed by atoms with Gasteiger partial charge in [0.15, 0.2) is 0 Å². The Morgan fingerprint density at radius 2 is 1.75 bits per heavy atom. The summed E-state index contributed by atoms with van der Waals surface area (Å²) in [6.45, 7) is 3.32. The van der Waals surface area contributed by atoms with Crippen LogP contribution >= 0.6 is 0 Å². The molecule has 1 saturated heterocycles. The zero-order chi connectivity index (χ0) is 25.7. The van der Waals surface area contributed by atoms with Crippen molar-refractivity contribution in [1.82, 2.24) is 10.3 Å². The van der Waals surface area contributed by atoms with Gasteiger partial charge < -0.3 is 20.3 Å². The topological polar surface area (TPSA) is 83.6 Å². The number of pyridine rings is 1. The van der Waals surface area contributed by atoms with Crippen molar-refractivity contribution in [2.75, 3.05) is 36.5 Å². The number of ether oxygens (including phenoxy) is 1. The number of carbonyl (C=O) groups is 2. The SMILES string of the molecule is Cc1cccc(C(=O)NCc2ccc(N3CCOCC3)cc2C(F)(F)F)c1NC(=O)c1ccncc1. The van der Waals surface area contributed by atoms with E-state index in [1.54, 1.807) is 25.1 Å². The number of alkyl halides is 3. The van der Waals surface area contributed by atoms with Crippen LogP contribution in [0.3, 0.4) is 0 Å². The smallest absolute Gasteiger partial charge is 0.378 e. The normalized spacial score (nSPS) is 13.8. The van der Waals surface area contributed by atoms with Gasteiger partial charge in [0.05, 0.1) is 30.0 Å². The third-order valence-corrected chi connectivity index (χ3v) is 5.91. The Balaban J connectivity index is 1.53. The lowest BCUT2D eigenvalue weighted by Gasteiger charge is -2.29. The molecule has 1 fully saturated rings. The Labute approximate surface area is 206 Å². The van der Waals surface area contributed by atoms with Crippen molar-refractivity contribution in [1.29, 1.82) is 0 Å². The lowest BCUT2D eigenvalue weighted by molar-refractivity contribution is -0.138. The van der Waals surface area contributed by atoms with Gasteiger partial charge >= 0.3 is 6.18 Å². The number of morpholine rings is 1. The van der Waals surface area contributed by atoms with Crippen LogP contribution in [0, 0.1) is 6.92 Å². The zero-order valence-corrected chi connectivity index (χ0v) is 19.6. The summed E-state index contributed by atoms with van der Waals surface area (Å²) in [5, 5.41) is 5.30. The second kappa shape index (κ2) is 10.8. The number of aromatic nitrogens is 1. The van der Waals surface area contributed by atoms with Gasteiger partial charge in [-0.15, -0.1) is 0 Å². The maximum absolute atomic E-state index is 13.9. The minimum absolute atomic E-state index is 0.0529. The van der Waals surface area contributed by atoms with E-state index < -0.39 is 23.6 Å². The van der Waals surface area contributed by atoms with Crippen LogP contribution in [0.25, 0.3) is 0 Å². The number of aryl methyl sites for hydroxylation is 1. The van der Waals surface area contributed by atoms with Crippen LogP contribution < -0.4 is 15.5 Å². The molecule has 7 nitrogen and oxygen atoms in total. The van der Waals surface area contributed by atoms with Gasteiger partial charge in [-0.2, -0.15) is 13.2 Å². The van der Waals surface area contributed by atoms with Gasteiger partial charge in [-0.05, 0) is 48.4 Å². The monoisotopic (exact) mass is 498 g/mol. The van der Waals surface area contributed by atoms with Crippen molar-refractivity contribution < 1.29 is 27.5 Å². The first kappa shape index (κ1) is 25.2. The lowest BCUT2D eigenvalue weighted by Crippen LogP contribution is -2.36. The quantitative estimate of drug-likeness (QED) is 0.526. The molecule has 0 atom stereocenters. The van der Waals surface area contributed by atoms with Crippen molar-refractivity contribution in [2.45, 2.75) is 19.6 Å². The first-order chi connectivity index (χ1) is 17.2. The number of para-hydroxylation sites is 1. The standard InChI is InChI=1S/C26H25F3N4O3/c1-17-3-2-4-21(23(17)32-24(34)18-7-9-30-10-8-18)25(35)31-16-19-5-6-20(15-22(19)26(27,28)29)33-11-13-36-14-12-33/h2-10,15H,11-14,16H2,1H3,(H,31,35)(H,32,34). The predicted octanol–water partition coefficient (Wildman–Crippen LogP) is 4.43. The highest BCUT2D eigenvalue weighted by Gasteiger charge is 2.34. The van der Waals surface area contributed by atoms with E-state index in [0.29, 0.717) is 43.1 Å². The lowest BCUT2D eigenvalue weighted by atomic mass is 10.0. The predicted molar refractivity (Wildman–Crippen MR) is 129 cm³/mol. The summed E-state index contributed by atoms with van der Waals surface area (Å²) in [4.78, 5) is 31.4. The Kier molecular flexibility index (Phi) is 7.54. The van der Waals surface area contributed by atoms with E-state index in [2.05, 4.69) is 15.6 Å². The van der Waals surface area contributed by atoms with Crippen LogP contribution in [0.15, 0.2) is 60.9 Å². The Bertz CT molecular complexity index is 1240. The Morgan fingerprint density at radius 3 is 2.44 bits per heavy atom. The van der Waals surface area contributed by atoms with E-state index >= 15 is 0 Å². The van der Waals surface area contributed by atoms with E-state index in [-0.39, 0.29) is 23.4 Å². The molecule has 1 aliphatic rings. The van der Waals surface area contributed by atoms with Crippen LogP contribution in [-0.4, -0.2) is 43.1 Å². The molecule has 0 unspecified atom stereocenters. The summed E-state index contributed by atoms with van der Waals surface area (Å²) in [7, 11) is 0. The number of amides is 2. The number of anilines is 2. The number of halogens is 3. The number of rotatable bonds is 6. The minimum atomic E-state index is -4.59. The van der Waals surface area contributed by atoms with Gasteiger partial charge in [-0.3, -0.25) is 14.6 Å². The fourth-order valence-electron chi connectivity index (χ4n) is 3.98. The average Bonchev–Trinajstić information content (AvgIpc) is 2.88. The molecule has 0 radical (unpaired) electrons. The summed E-state index contributed by atoms with van der Waals surface area (Å²) >= 11 is 0. The van der Waals surface area contributed by atoms with E-state index in [1.807, 2.05) is 4.90 Å². The number of nitrogens with zero attached hydrogens (tertiary/aromatic N) is 2. The highest BCUT2D eigenvalue weighted by Crippen LogP contribution is 2.35. The summed E-state index contributed by atoms with van der Waals surface area (Å²) in [5.74, 6) is -1.03. The summed E-state index contributed by atoms with van der Waals surface area (Å²) < 4.78 is 46.8. The molecule has 0 aliphatic carbocycles. The molecule has 0 bridgehead atoms. The van der Waals surface area contributed by atoms with Gasteiger partial charge in [0.2, 0.25) is 0 Å². The molecule has 2 aromatic carbocycles. The largest absolute Gasteiger partial charge is 0.416 e. The molecule has 10 heteroatoms. The summed E-state index contributed by atoms with van der Waals surface area (Å²) in [6.07, 6.45) is -1.64. The minimum Gasteiger partial charge on any atom is -0.378 e. The highest BCUT2D eigenvalue weighted by molar-refractivity contribution is 6.09. The van der Waals surface area contributed by atoms with Crippen LogP contribution in [-0.2, 0) is 17.5 Å².